The van der Waals surface area contributed by atoms with Crippen molar-refractivity contribution in [3.05, 3.63) is 0 Å². The molecule has 0 rings (SSSR count). The maximum Gasteiger partial charge on any atom is 0.290 e. The zero-order valence-electron chi connectivity index (χ0n) is 47.1. The fourth-order valence-electron chi connectivity index (χ4n) is 8.89. The van der Waals surface area contributed by atoms with Crippen LogP contribution >= 0.6 is 0 Å². The van der Waals surface area contributed by atoms with Gasteiger partial charge in [-0.1, -0.05) is 274 Å². The number of hydrogen-bond acceptors (Lipinski definition) is 5. The van der Waals surface area contributed by atoms with Gasteiger partial charge in [0, 0.05) is 26.7 Å². The topological polar surface area (TPSA) is 87.1 Å². The molecule has 2 atom stereocenters. The first-order chi connectivity index (χ1) is 32.5. The van der Waals surface area contributed by atoms with Gasteiger partial charge in [-0.05, 0) is 76.4 Å². The molecule has 0 aromatic heterocycles. The summed E-state index contributed by atoms with van der Waals surface area (Å²) in [6.07, 6.45) is 58.2. The smallest absolute Gasteiger partial charge is 0.290 e. The van der Waals surface area contributed by atoms with Crippen LogP contribution in [0.3, 0.4) is 0 Å². The molecule has 6 nitrogen and oxygen atoms in total. The zero-order chi connectivity index (χ0) is 50.1. The molecular formula is C60H127NO5. The molecule has 2 N–H and O–H groups in total. The van der Waals surface area contributed by atoms with Crippen molar-refractivity contribution in [2.75, 3.05) is 40.0 Å². The number of carbonyl (C=O) groups excluding carboxylic acids is 1. The number of carboxylic acid groups (broad SMARTS) is 1. The van der Waals surface area contributed by atoms with Gasteiger partial charge in [0.2, 0.25) is 0 Å². The first kappa shape index (κ1) is 74.0. The third-order valence-corrected chi connectivity index (χ3v) is 13.0. The van der Waals surface area contributed by atoms with Crippen molar-refractivity contribution < 1.29 is 24.5 Å². The fraction of sp³-hybridized carbons (Fsp3) is 0.967. The van der Waals surface area contributed by atoms with E-state index in [2.05, 4.69) is 46.4 Å². The number of aliphatic hydroxyl groups excluding tert-OH is 1. The SMILES string of the molecule is CC.CCCCCCCCC(CCCCCC)CCCCCCN(CCC)CCCCCC=O.CCCCCCCCC(CCCCCC)COC.CCCCCCCCCCO.O=CO. The molecule has 0 aliphatic rings. The molecule has 0 aliphatic carbocycles. The van der Waals surface area contributed by atoms with Crippen LogP contribution in [0.4, 0.5) is 0 Å². The zero-order valence-corrected chi connectivity index (χ0v) is 47.1. The number of methoxy groups -OCH3 is 1. The molecular weight excluding hydrogens is 815 g/mol. The molecule has 6 heteroatoms. The van der Waals surface area contributed by atoms with E-state index in [4.69, 9.17) is 19.7 Å². The molecule has 0 bridgehead atoms. The number of hydrogen-bond donors (Lipinski definition) is 2. The molecule has 0 amide bonds. The predicted octanol–water partition coefficient (Wildman–Crippen LogP) is 19.6. The number of unbranched alkanes of at least 4 members (excludes halogenated alkanes) is 29. The van der Waals surface area contributed by atoms with Crippen molar-refractivity contribution in [3.8, 4) is 0 Å². The second-order valence-electron chi connectivity index (χ2n) is 19.4. The Morgan fingerprint density at radius 3 is 1.00 bits per heavy atom. The minimum Gasteiger partial charge on any atom is -0.483 e. The van der Waals surface area contributed by atoms with Gasteiger partial charge >= 0.3 is 0 Å². The van der Waals surface area contributed by atoms with Crippen molar-refractivity contribution in [2.24, 2.45) is 11.8 Å². The summed E-state index contributed by atoms with van der Waals surface area (Å²) in [5.41, 5.74) is 0. The maximum absolute atomic E-state index is 10.4. The number of nitrogens with zero attached hydrogens (tertiary/aromatic N) is 1. The summed E-state index contributed by atoms with van der Waals surface area (Å²) in [6, 6.07) is 0. The standard InChI is InChI=1S/C30H61NO.C17H36O.C10H22O.C2H6.CH2O2/c1-4-7-9-11-12-18-24-30(23-17-10-8-5-2)25-19-13-14-20-27-31(26-6-3)28-21-15-16-22-29-32;1-4-6-8-10-11-13-15-17(16-18-3)14-12-9-7-5-2;1-2-3-4-5-6-7-8-9-10-11;1-2;2-1-3/h29-30H,4-28H2,1-3H3;17H,4-16H2,1-3H3;11H,2-10H2,1H3;1-2H3;1H,(H,2,3). The first-order valence-corrected chi connectivity index (χ1v) is 29.8. The largest absolute Gasteiger partial charge is 0.483 e. The van der Waals surface area contributed by atoms with E-state index in [9.17, 15) is 4.79 Å². The molecule has 0 radical (unpaired) electrons. The highest BCUT2D eigenvalue weighted by Crippen LogP contribution is 2.25. The fourth-order valence-corrected chi connectivity index (χ4v) is 8.89. The maximum atomic E-state index is 10.4. The highest BCUT2D eigenvalue weighted by Gasteiger charge is 2.10. The van der Waals surface area contributed by atoms with Crippen LogP contribution in [0.15, 0.2) is 0 Å². The summed E-state index contributed by atoms with van der Waals surface area (Å²) in [7, 11) is 1.85. The van der Waals surface area contributed by atoms with Gasteiger partial charge < -0.3 is 24.6 Å². The summed E-state index contributed by atoms with van der Waals surface area (Å²) in [5, 5.41) is 15.4. The quantitative estimate of drug-likeness (QED) is 0.0467. The van der Waals surface area contributed by atoms with Crippen LogP contribution in [0.25, 0.3) is 0 Å². The van der Waals surface area contributed by atoms with Gasteiger partial charge in [0.05, 0.1) is 0 Å². The Bertz CT molecular complexity index is 774. The summed E-state index contributed by atoms with van der Waals surface area (Å²) in [5.74, 6) is 1.82. The van der Waals surface area contributed by atoms with Gasteiger partial charge in [0.1, 0.15) is 6.29 Å². The van der Waals surface area contributed by atoms with Gasteiger partial charge in [-0.25, -0.2) is 0 Å². The molecule has 2 unspecified atom stereocenters. The van der Waals surface area contributed by atoms with Crippen LogP contribution in [0, 0.1) is 11.8 Å². The van der Waals surface area contributed by atoms with E-state index >= 15 is 0 Å². The highest BCUT2D eigenvalue weighted by atomic mass is 16.5. The third-order valence-electron chi connectivity index (χ3n) is 13.0. The van der Waals surface area contributed by atoms with Crippen LogP contribution in [0.2, 0.25) is 0 Å². The lowest BCUT2D eigenvalue weighted by atomic mass is 9.89. The van der Waals surface area contributed by atoms with E-state index in [1.165, 1.54) is 270 Å². The number of aliphatic hydroxyl groups is 1. The second-order valence-corrected chi connectivity index (χ2v) is 19.4. The van der Waals surface area contributed by atoms with Gasteiger partial charge in [-0.3, -0.25) is 4.79 Å². The van der Waals surface area contributed by atoms with Crippen molar-refractivity contribution in [2.45, 2.75) is 325 Å². The lowest BCUT2D eigenvalue weighted by Gasteiger charge is -2.21. The predicted molar refractivity (Wildman–Crippen MR) is 296 cm³/mol. The van der Waals surface area contributed by atoms with Crippen molar-refractivity contribution >= 4 is 12.8 Å². The Morgan fingerprint density at radius 1 is 0.394 bits per heavy atom. The highest BCUT2D eigenvalue weighted by molar-refractivity contribution is 5.48. The van der Waals surface area contributed by atoms with E-state index in [0.717, 1.165) is 44.0 Å². The Labute approximate surface area is 417 Å². The molecule has 0 spiro atoms. The van der Waals surface area contributed by atoms with E-state index in [1.54, 1.807) is 0 Å². The summed E-state index contributed by atoms with van der Waals surface area (Å²) < 4.78 is 5.36. The lowest BCUT2D eigenvalue weighted by Crippen LogP contribution is -2.27. The van der Waals surface area contributed by atoms with E-state index in [-0.39, 0.29) is 6.47 Å². The van der Waals surface area contributed by atoms with Crippen molar-refractivity contribution in [3.63, 3.8) is 0 Å². The Balaban J connectivity index is -0.000000304. The molecule has 66 heavy (non-hydrogen) atoms. The number of aldehydes is 1. The van der Waals surface area contributed by atoms with E-state index < -0.39 is 0 Å². The molecule has 0 aliphatic heterocycles. The van der Waals surface area contributed by atoms with Crippen LogP contribution in [0.5, 0.6) is 0 Å². The Hall–Kier alpha value is -0.980. The average molecular weight is 943 g/mol. The second kappa shape index (κ2) is 75.5. The normalized spacial score (nSPS) is 11.6. The van der Waals surface area contributed by atoms with Gasteiger partial charge in [-0.15, -0.1) is 0 Å². The molecule has 0 aromatic rings. The minimum absolute atomic E-state index is 0.250. The van der Waals surface area contributed by atoms with Crippen LogP contribution in [0.1, 0.15) is 325 Å². The minimum atomic E-state index is -0.250. The Morgan fingerprint density at radius 2 is 0.682 bits per heavy atom. The van der Waals surface area contributed by atoms with Crippen LogP contribution in [-0.4, -0.2) is 67.8 Å². The molecule has 0 fully saturated rings. The molecule has 402 valence electrons. The number of carbonyl (C=O) groups is 2. The van der Waals surface area contributed by atoms with Gasteiger partial charge in [0.15, 0.2) is 0 Å². The first-order valence-electron chi connectivity index (χ1n) is 29.8. The third kappa shape index (κ3) is 74.6. The molecule has 0 aromatic carbocycles. The van der Waals surface area contributed by atoms with Crippen LogP contribution < -0.4 is 0 Å². The number of ether oxygens (including phenoxy) is 1. The molecule has 0 saturated heterocycles. The summed E-state index contributed by atoms with van der Waals surface area (Å²) in [6.45, 7) is 22.6. The molecule has 0 saturated carbocycles. The summed E-state index contributed by atoms with van der Waals surface area (Å²) in [4.78, 5) is 21.5. The number of rotatable bonds is 49. The van der Waals surface area contributed by atoms with E-state index in [0.29, 0.717) is 6.61 Å². The average Bonchev–Trinajstić information content (AvgIpc) is 3.33. The van der Waals surface area contributed by atoms with E-state index in [1.807, 2.05) is 21.0 Å². The van der Waals surface area contributed by atoms with Gasteiger partial charge in [-0.2, -0.15) is 0 Å². The molecule has 0 heterocycles. The Kier molecular flexibility index (Phi) is 84.7. The van der Waals surface area contributed by atoms with Gasteiger partial charge in [0.25, 0.3) is 6.47 Å². The monoisotopic (exact) mass is 942 g/mol. The van der Waals surface area contributed by atoms with Crippen molar-refractivity contribution in [1.82, 2.24) is 4.90 Å². The van der Waals surface area contributed by atoms with Crippen molar-refractivity contribution in [1.29, 1.82) is 0 Å². The lowest BCUT2D eigenvalue weighted by molar-refractivity contribution is -0.122. The summed E-state index contributed by atoms with van der Waals surface area (Å²) >= 11 is 0. The van der Waals surface area contributed by atoms with Crippen LogP contribution in [-0.2, 0) is 14.3 Å².